The maximum atomic E-state index is 12.5. The van der Waals surface area contributed by atoms with Gasteiger partial charge in [0.05, 0.1) is 6.42 Å². The predicted octanol–water partition coefficient (Wildman–Crippen LogP) is 6.03. The van der Waals surface area contributed by atoms with Crippen LogP contribution in [0.2, 0.25) is 5.02 Å². The highest BCUT2D eigenvalue weighted by Crippen LogP contribution is 2.24. The molecule has 3 aromatic carbocycles. The molecule has 0 unspecified atom stereocenters. The number of amides is 2. The second kappa shape index (κ2) is 9.32. The Morgan fingerprint density at radius 3 is 2.06 bits per heavy atom. The lowest BCUT2D eigenvalue weighted by Crippen LogP contribution is -2.14. The number of nitrogens with one attached hydrogen (secondary N) is 2. The van der Waals surface area contributed by atoms with Gasteiger partial charge in [-0.2, -0.15) is 0 Å². The highest BCUT2D eigenvalue weighted by molar-refractivity contribution is 6.30. The second-order valence-electron chi connectivity index (χ2n) is 6.91. The van der Waals surface area contributed by atoms with Gasteiger partial charge in [0, 0.05) is 22.0 Å². The number of rotatable bonds is 6. The van der Waals surface area contributed by atoms with E-state index in [1.807, 2.05) is 42.5 Å². The van der Waals surface area contributed by atoms with E-state index < -0.39 is 0 Å². The zero-order valence-electron chi connectivity index (χ0n) is 16.5. The first kappa shape index (κ1) is 20.4. The molecule has 0 saturated carbocycles. The number of carbonyl (C=O) groups excluding carboxylic acids is 2. The first-order valence-corrected chi connectivity index (χ1v) is 10.1. The molecule has 0 radical (unpaired) electrons. The summed E-state index contributed by atoms with van der Waals surface area (Å²) < 4.78 is 5.66. The lowest BCUT2D eigenvalue weighted by Gasteiger charge is -2.07. The number of hydrogen-bond acceptors (Lipinski definition) is 3. The summed E-state index contributed by atoms with van der Waals surface area (Å²) in [6.07, 6.45) is 0.299. The van der Waals surface area contributed by atoms with Crippen LogP contribution in [0, 0.1) is 0 Å². The maximum Gasteiger partial charge on any atom is 0.291 e. The highest BCUT2D eigenvalue weighted by atomic mass is 35.5. The molecule has 154 valence electrons. The number of hydrogen-bond donors (Lipinski definition) is 2. The van der Waals surface area contributed by atoms with Crippen LogP contribution in [0.4, 0.5) is 11.4 Å². The summed E-state index contributed by atoms with van der Waals surface area (Å²) in [6.45, 7) is 0. The van der Waals surface area contributed by atoms with Gasteiger partial charge in [0.15, 0.2) is 5.76 Å². The van der Waals surface area contributed by atoms with E-state index in [9.17, 15) is 9.59 Å². The van der Waals surface area contributed by atoms with Gasteiger partial charge < -0.3 is 15.1 Å². The number of carbonyl (C=O) groups is 2. The smallest absolute Gasteiger partial charge is 0.291 e. The Morgan fingerprint density at radius 1 is 0.742 bits per heavy atom. The Bertz CT molecular complexity index is 1180. The van der Waals surface area contributed by atoms with Crippen molar-refractivity contribution < 1.29 is 14.0 Å². The molecule has 4 aromatic rings. The lowest BCUT2D eigenvalue weighted by molar-refractivity contribution is -0.115. The molecular weight excluding hydrogens is 412 g/mol. The van der Waals surface area contributed by atoms with Gasteiger partial charge in [-0.3, -0.25) is 9.59 Å². The molecule has 2 N–H and O–H groups in total. The van der Waals surface area contributed by atoms with Gasteiger partial charge in [-0.15, -0.1) is 0 Å². The van der Waals surface area contributed by atoms with Crippen LogP contribution in [-0.2, 0) is 11.2 Å². The topological polar surface area (TPSA) is 71.3 Å². The quantitative estimate of drug-likeness (QED) is 0.392. The van der Waals surface area contributed by atoms with Crippen molar-refractivity contribution in [2.45, 2.75) is 6.42 Å². The molecule has 2 amide bonds. The SMILES string of the molecule is O=C(Cc1ccccc1)Nc1ccc(NC(=O)c2ccc(-c3ccc(Cl)cc3)o2)cc1. The summed E-state index contributed by atoms with van der Waals surface area (Å²) in [5.41, 5.74) is 3.02. The largest absolute Gasteiger partial charge is 0.451 e. The third kappa shape index (κ3) is 5.41. The van der Waals surface area contributed by atoms with Crippen molar-refractivity contribution in [2.24, 2.45) is 0 Å². The normalized spacial score (nSPS) is 10.5. The molecule has 0 fully saturated rings. The molecule has 0 saturated heterocycles. The fourth-order valence-electron chi connectivity index (χ4n) is 3.05. The van der Waals surface area contributed by atoms with E-state index in [-0.39, 0.29) is 17.6 Å². The van der Waals surface area contributed by atoms with Crippen LogP contribution in [0.3, 0.4) is 0 Å². The van der Waals surface area contributed by atoms with Gasteiger partial charge in [-0.25, -0.2) is 0 Å². The van der Waals surface area contributed by atoms with Gasteiger partial charge in [-0.05, 0) is 66.2 Å². The third-order valence-electron chi connectivity index (χ3n) is 4.59. The van der Waals surface area contributed by atoms with Crippen molar-refractivity contribution >= 4 is 34.8 Å². The molecule has 0 aliphatic rings. The summed E-state index contributed by atoms with van der Waals surface area (Å²) in [4.78, 5) is 24.6. The Kier molecular flexibility index (Phi) is 6.15. The number of furan rings is 1. The van der Waals surface area contributed by atoms with Crippen molar-refractivity contribution in [1.82, 2.24) is 0 Å². The van der Waals surface area contributed by atoms with Gasteiger partial charge in [0.1, 0.15) is 5.76 Å². The van der Waals surface area contributed by atoms with Gasteiger partial charge in [0.25, 0.3) is 5.91 Å². The Hall–Kier alpha value is -3.83. The summed E-state index contributed by atoms with van der Waals surface area (Å²) in [7, 11) is 0. The molecule has 6 heteroatoms. The van der Waals surface area contributed by atoms with Crippen LogP contribution in [0.1, 0.15) is 16.1 Å². The fourth-order valence-corrected chi connectivity index (χ4v) is 3.17. The first-order valence-electron chi connectivity index (χ1n) is 9.68. The minimum absolute atomic E-state index is 0.103. The molecule has 5 nitrogen and oxygen atoms in total. The van der Waals surface area contributed by atoms with E-state index in [4.69, 9.17) is 16.0 Å². The van der Waals surface area contributed by atoms with Gasteiger partial charge >= 0.3 is 0 Å². The van der Waals surface area contributed by atoms with Crippen LogP contribution in [0.5, 0.6) is 0 Å². The molecule has 4 rings (SSSR count). The van der Waals surface area contributed by atoms with Crippen molar-refractivity contribution in [3.05, 3.63) is 107 Å². The van der Waals surface area contributed by atoms with Crippen LogP contribution in [0.15, 0.2) is 95.4 Å². The number of halogens is 1. The van der Waals surface area contributed by atoms with Gasteiger partial charge in [0.2, 0.25) is 5.91 Å². The fraction of sp³-hybridized carbons (Fsp3) is 0.0400. The summed E-state index contributed by atoms with van der Waals surface area (Å²) in [5.74, 6) is 0.317. The standard InChI is InChI=1S/C25H19ClN2O3/c26-19-8-6-18(7-9-19)22-14-15-23(31-22)25(30)28-21-12-10-20(11-13-21)27-24(29)16-17-4-2-1-3-5-17/h1-15H,16H2,(H,27,29)(H,28,30). The lowest BCUT2D eigenvalue weighted by atomic mass is 10.1. The zero-order chi connectivity index (χ0) is 21.6. The molecule has 0 atom stereocenters. The van der Waals surface area contributed by atoms with Crippen LogP contribution in [0.25, 0.3) is 11.3 Å². The molecule has 0 aliphatic heterocycles. The van der Waals surface area contributed by atoms with E-state index in [0.717, 1.165) is 11.1 Å². The zero-order valence-corrected chi connectivity index (χ0v) is 17.2. The molecule has 0 aliphatic carbocycles. The summed E-state index contributed by atoms with van der Waals surface area (Å²) >= 11 is 5.90. The van der Waals surface area contributed by atoms with E-state index in [0.29, 0.717) is 28.6 Å². The molecule has 1 heterocycles. The molecule has 0 bridgehead atoms. The Morgan fingerprint density at radius 2 is 1.39 bits per heavy atom. The molecular formula is C25H19ClN2O3. The average Bonchev–Trinajstić information content (AvgIpc) is 3.27. The third-order valence-corrected chi connectivity index (χ3v) is 4.84. The van der Waals surface area contributed by atoms with Crippen molar-refractivity contribution in [3.8, 4) is 11.3 Å². The average molecular weight is 431 g/mol. The number of benzene rings is 3. The minimum atomic E-state index is -0.360. The summed E-state index contributed by atoms with van der Waals surface area (Å²) in [5, 5.41) is 6.27. The Balaban J connectivity index is 1.35. The van der Waals surface area contributed by atoms with Crippen molar-refractivity contribution in [1.29, 1.82) is 0 Å². The minimum Gasteiger partial charge on any atom is -0.451 e. The van der Waals surface area contributed by atoms with E-state index in [1.165, 1.54) is 0 Å². The second-order valence-corrected chi connectivity index (χ2v) is 7.35. The summed E-state index contributed by atoms with van der Waals surface area (Å²) in [6, 6.07) is 27.0. The van der Waals surface area contributed by atoms with Gasteiger partial charge in [-0.1, -0.05) is 41.9 Å². The Labute approximate surface area is 184 Å². The predicted molar refractivity (Wildman–Crippen MR) is 122 cm³/mol. The van der Waals surface area contributed by atoms with Crippen LogP contribution in [-0.4, -0.2) is 11.8 Å². The van der Waals surface area contributed by atoms with Crippen LogP contribution >= 0.6 is 11.6 Å². The van der Waals surface area contributed by atoms with E-state index in [1.54, 1.807) is 48.5 Å². The monoisotopic (exact) mass is 430 g/mol. The number of anilines is 2. The first-order chi connectivity index (χ1) is 15.1. The van der Waals surface area contributed by atoms with Crippen molar-refractivity contribution in [3.63, 3.8) is 0 Å². The van der Waals surface area contributed by atoms with Crippen molar-refractivity contribution in [2.75, 3.05) is 10.6 Å². The molecule has 1 aromatic heterocycles. The molecule has 0 spiro atoms. The maximum absolute atomic E-state index is 12.5. The van der Waals surface area contributed by atoms with Crippen LogP contribution < -0.4 is 10.6 Å². The van der Waals surface area contributed by atoms with E-state index >= 15 is 0 Å². The molecule has 31 heavy (non-hydrogen) atoms. The highest BCUT2D eigenvalue weighted by Gasteiger charge is 2.13. The van der Waals surface area contributed by atoms with E-state index in [2.05, 4.69) is 10.6 Å².